The van der Waals surface area contributed by atoms with Gasteiger partial charge in [0, 0.05) is 42.2 Å². The summed E-state index contributed by atoms with van der Waals surface area (Å²) in [6.45, 7) is 20.6. The number of ether oxygens (including phenoxy) is 4. The normalized spacial score (nSPS) is 16.5. The van der Waals surface area contributed by atoms with Crippen LogP contribution >= 0.6 is 0 Å². The Labute approximate surface area is 366 Å². The highest BCUT2D eigenvalue weighted by Gasteiger charge is 2.55. The van der Waals surface area contributed by atoms with E-state index in [-0.39, 0.29) is 28.1 Å². The predicted octanol–water partition coefficient (Wildman–Crippen LogP) is 8.08. The quantitative estimate of drug-likeness (QED) is 0.146. The van der Waals surface area contributed by atoms with Crippen LogP contribution in [0.2, 0.25) is 0 Å². The Kier molecular flexibility index (Phi) is 23.9. The molecule has 4 amide bonds. The van der Waals surface area contributed by atoms with Crippen LogP contribution in [0.3, 0.4) is 0 Å². The van der Waals surface area contributed by atoms with Crippen molar-refractivity contribution in [2.24, 2.45) is 11.7 Å². The highest BCUT2D eigenvalue weighted by molar-refractivity contribution is 7.91. The standard InChI is InChI=1S/C26H35N3O5.C7H14FNO2.C6H10FNO3S.2C2H6.3H2/c1-6-7-8-10-27-25(31)21-14-19(16-29(21)24(30)12-17(2)3)34-26-20-15-23(33-5)22(32-4)13-18(20)9-11-28-26;1-6(2,8)7(3,4)11-5(9)10;1-5(9)8-12(10,11)6(4-7)2-3-6;2*1-2;;;/h7-9,11,13,15,17,19,21H,6,10,12,14,16H2,1-5H3,(H,27,31);1-4H3,(H2,9,10);2-4H2,1H3,(H,8,9);2*1-2H3;3*1H/b8-7-;;;;;;;/t19-,21+;;;;;;;/m1......./s1. The van der Waals surface area contributed by atoms with Crippen LogP contribution in [0.15, 0.2) is 36.5 Å². The molecule has 2 aliphatic rings. The first-order valence-corrected chi connectivity index (χ1v) is 22.1. The third-order valence-electron chi connectivity index (χ3n) is 9.46. The van der Waals surface area contributed by atoms with E-state index in [1.165, 1.54) is 27.7 Å². The van der Waals surface area contributed by atoms with Crippen molar-refractivity contribution in [2.75, 3.05) is 34.0 Å². The van der Waals surface area contributed by atoms with Crippen LogP contribution in [0.25, 0.3) is 10.8 Å². The van der Waals surface area contributed by atoms with Gasteiger partial charge in [0.25, 0.3) is 0 Å². The van der Waals surface area contributed by atoms with Crippen molar-refractivity contribution in [3.05, 3.63) is 36.5 Å². The van der Waals surface area contributed by atoms with E-state index in [1.807, 2.05) is 78.8 Å². The Morgan fingerprint density at radius 3 is 2.07 bits per heavy atom. The number of alkyl halides is 2. The van der Waals surface area contributed by atoms with Gasteiger partial charge in [-0.15, -0.1) is 0 Å². The second kappa shape index (κ2) is 25.9. The number of methoxy groups -OCH3 is 2. The van der Waals surface area contributed by atoms with Crippen LogP contribution in [0.1, 0.15) is 119 Å². The molecule has 0 unspecified atom stereocenters. The molecule has 2 heterocycles. The first kappa shape index (κ1) is 56.3. The van der Waals surface area contributed by atoms with E-state index in [0.29, 0.717) is 56.2 Å². The van der Waals surface area contributed by atoms with Gasteiger partial charge < -0.3 is 34.9 Å². The molecule has 1 saturated carbocycles. The van der Waals surface area contributed by atoms with Gasteiger partial charge in [0.1, 0.15) is 34.8 Å². The van der Waals surface area contributed by atoms with E-state index < -0.39 is 50.8 Å². The summed E-state index contributed by atoms with van der Waals surface area (Å²) in [6.07, 6.45) is 6.56. The van der Waals surface area contributed by atoms with E-state index in [2.05, 4.69) is 15.0 Å². The minimum Gasteiger partial charge on any atom is -0.493 e. The molecule has 4 N–H and O–H groups in total. The predicted molar refractivity (Wildman–Crippen MR) is 241 cm³/mol. The summed E-state index contributed by atoms with van der Waals surface area (Å²) < 4.78 is 69.9. The summed E-state index contributed by atoms with van der Waals surface area (Å²) in [5, 5.41) is 4.59. The molecule has 354 valence electrons. The number of sulfonamides is 1. The van der Waals surface area contributed by atoms with E-state index in [4.69, 9.17) is 19.9 Å². The summed E-state index contributed by atoms with van der Waals surface area (Å²) in [6, 6.07) is 5.00. The molecule has 0 radical (unpaired) electrons. The lowest BCUT2D eigenvalue weighted by molar-refractivity contribution is -0.139. The lowest BCUT2D eigenvalue weighted by Gasteiger charge is -2.33. The van der Waals surface area contributed by atoms with Gasteiger partial charge in [-0.2, -0.15) is 0 Å². The number of aromatic nitrogens is 1. The average Bonchev–Trinajstić information content (AvgIpc) is 3.90. The Balaban J connectivity index is -0.000000496. The number of carbonyl (C=O) groups excluding carboxylic acids is 4. The van der Waals surface area contributed by atoms with Crippen molar-refractivity contribution < 1.29 is 59.6 Å². The molecular weight excluding hydrogens is 817 g/mol. The van der Waals surface area contributed by atoms with Crippen molar-refractivity contribution in [3.63, 3.8) is 0 Å². The minimum absolute atomic E-state index is 0. The molecule has 1 aliphatic carbocycles. The van der Waals surface area contributed by atoms with Crippen LogP contribution in [0, 0.1) is 5.92 Å². The van der Waals surface area contributed by atoms with Gasteiger partial charge in [0.2, 0.25) is 33.6 Å². The Morgan fingerprint density at radius 2 is 1.62 bits per heavy atom. The first-order chi connectivity index (χ1) is 28.5. The second-order valence-corrected chi connectivity index (χ2v) is 17.3. The number of carbonyl (C=O) groups is 4. The fraction of sp³-hybridized carbons (Fsp3) is 0.651. The lowest BCUT2D eigenvalue weighted by Crippen LogP contribution is -2.46. The van der Waals surface area contributed by atoms with Gasteiger partial charge in [0.15, 0.2) is 11.5 Å². The monoisotopic (exact) mass is 894 g/mol. The van der Waals surface area contributed by atoms with E-state index in [0.717, 1.165) is 24.1 Å². The number of pyridine rings is 1. The number of primary amides is 1. The lowest BCUT2D eigenvalue weighted by atomic mass is 9.91. The number of hydrogen-bond donors (Lipinski definition) is 3. The van der Waals surface area contributed by atoms with Crippen LogP contribution in [-0.4, -0.2) is 104 Å². The zero-order chi connectivity index (χ0) is 47.4. The van der Waals surface area contributed by atoms with Crippen molar-refractivity contribution in [1.82, 2.24) is 19.9 Å². The maximum atomic E-state index is 13.2. The number of fused-ring (bicyclic) bond motifs is 1. The highest BCUT2D eigenvalue weighted by Crippen LogP contribution is 2.43. The number of benzene rings is 1. The maximum Gasteiger partial charge on any atom is 0.405 e. The molecule has 15 nitrogen and oxygen atoms in total. The number of nitrogens with one attached hydrogen (secondary N) is 2. The first-order valence-electron chi connectivity index (χ1n) is 20.6. The molecule has 0 bridgehead atoms. The smallest absolute Gasteiger partial charge is 0.405 e. The van der Waals surface area contributed by atoms with Gasteiger partial charge in [-0.1, -0.05) is 60.6 Å². The zero-order valence-electron chi connectivity index (χ0n) is 38.6. The molecule has 1 aliphatic heterocycles. The fourth-order valence-corrected chi connectivity index (χ4v) is 6.79. The Bertz CT molecular complexity index is 1870. The van der Waals surface area contributed by atoms with Crippen molar-refractivity contribution in [3.8, 4) is 17.4 Å². The molecule has 4 rings (SSSR count). The summed E-state index contributed by atoms with van der Waals surface area (Å²) in [7, 11) is -0.604. The summed E-state index contributed by atoms with van der Waals surface area (Å²) >= 11 is 0. The zero-order valence-corrected chi connectivity index (χ0v) is 39.4. The molecule has 61 heavy (non-hydrogen) atoms. The molecule has 0 spiro atoms. The number of allylic oxidation sites excluding steroid dienone is 1. The van der Waals surface area contributed by atoms with Crippen molar-refractivity contribution in [2.45, 2.75) is 143 Å². The minimum atomic E-state index is -3.77. The largest absolute Gasteiger partial charge is 0.493 e. The molecule has 2 fully saturated rings. The molecular formula is C43H77F2N5O10S. The second-order valence-electron chi connectivity index (χ2n) is 15.2. The van der Waals surface area contributed by atoms with E-state index in [1.54, 1.807) is 30.0 Å². The van der Waals surface area contributed by atoms with E-state index >= 15 is 0 Å². The molecule has 1 aromatic carbocycles. The topological polar surface area (TPSA) is 206 Å². The fourth-order valence-electron chi connectivity index (χ4n) is 5.41. The Morgan fingerprint density at radius 1 is 1.05 bits per heavy atom. The SMILES string of the molecule is CC.CC.CC(=O)NS(=O)(=O)C1(CF)CC1.CC(C)(F)C(C)(C)OC(N)=O.CC/C=C\CNC(=O)[C@@H]1C[C@@H](Oc2nccc3cc(OC)c(OC)cc23)CN1C(=O)CC(C)C.[HH].[HH].[HH]. The van der Waals surface area contributed by atoms with Gasteiger partial charge >= 0.3 is 6.09 Å². The van der Waals surface area contributed by atoms with Gasteiger partial charge in [-0.05, 0) is 76.5 Å². The summed E-state index contributed by atoms with van der Waals surface area (Å²) in [5.41, 5.74) is 1.97. The number of rotatable bonds is 15. The van der Waals surface area contributed by atoms with Crippen molar-refractivity contribution in [1.29, 1.82) is 0 Å². The number of amides is 4. The summed E-state index contributed by atoms with van der Waals surface area (Å²) in [4.78, 5) is 52.7. The van der Waals surface area contributed by atoms with Crippen molar-refractivity contribution >= 4 is 44.6 Å². The van der Waals surface area contributed by atoms with Gasteiger partial charge in [-0.3, -0.25) is 19.1 Å². The molecule has 2 atom stereocenters. The van der Waals surface area contributed by atoms with Gasteiger partial charge in [0.05, 0.1) is 20.8 Å². The Hall–Kier alpha value is -4.74. The molecule has 1 aromatic heterocycles. The highest BCUT2D eigenvalue weighted by atomic mass is 32.2. The van der Waals surface area contributed by atoms with E-state index in [9.17, 15) is 36.4 Å². The van der Waals surface area contributed by atoms with Crippen LogP contribution < -0.4 is 30.0 Å². The van der Waals surface area contributed by atoms with Crippen LogP contribution in [-0.2, 0) is 29.1 Å². The van der Waals surface area contributed by atoms with Crippen LogP contribution in [0.5, 0.6) is 17.4 Å². The third-order valence-corrected chi connectivity index (χ3v) is 11.7. The molecule has 2 aromatic rings. The number of nitrogens with two attached hydrogens (primary N) is 1. The number of hydrogen-bond acceptors (Lipinski definition) is 11. The van der Waals surface area contributed by atoms with Gasteiger partial charge in [-0.25, -0.2) is 27.0 Å². The number of likely N-dealkylation sites (tertiary alicyclic amines) is 1. The number of halogens is 2. The summed E-state index contributed by atoms with van der Waals surface area (Å²) in [5.74, 6) is 0.953. The average molecular weight is 894 g/mol. The maximum absolute atomic E-state index is 13.2. The third kappa shape index (κ3) is 17.3. The molecule has 1 saturated heterocycles. The number of nitrogens with zero attached hydrogens (tertiary/aromatic N) is 2. The van der Waals surface area contributed by atoms with Crippen LogP contribution in [0.4, 0.5) is 13.6 Å². The molecule has 18 heteroatoms.